The fourth-order valence-corrected chi connectivity index (χ4v) is 6.39. The first-order valence-electron chi connectivity index (χ1n) is 12.3. The van der Waals surface area contributed by atoms with Crippen LogP contribution in [0.25, 0.3) is 0 Å². The van der Waals surface area contributed by atoms with Gasteiger partial charge in [0.25, 0.3) is 0 Å². The minimum Gasteiger partial charge on any atom is -0.459 e. The van der Waals surface area contributed by atoms with E-state index >= 15 is 0 Å². The van der Waals surface area contributed by atoms with Crippen LogP contribution in [0.2, 0.25) is 0 Å². The summed E-state index contributed by atoms with van der Waals surface area (Å²) in [4.78, 5) is 27.3. The predicted molar refractivity (Wildman–Crippen MR) is 141 cm³/mol. The molecule has 2 aromatic carbocycles. The maximum atomic E-state index is 13.7. The van der Waals surface area contributed by atoms with Crippen molar-refractivity contribution in [2.75, 3.05) is 0 Å². The molecular weight excluding hydrogens is 537 g/mol. The van der Waals surface area contributed by atoms with Crippen LogP contribution in [0.4, 0.5) is 0 Å². The second-order valence-electron chi connectivity index (χ2n) is 9.61. The quantitative estimate of drug-likeness (QED) is 0.337. The summed E-state index contributed by atoms with van der Waals surface area (Å²) in [7, 11) is 0. The summed E-state index contributed by atoms with van der Waals surface area (Å²) in [5, 5.41) is 3.47. The molecule has 1 fully saturated rings. The monoisotopic (exact) mass is 567 g/mol. The number of hydrogen-bond acceptors (Lipinski definition) is 4. The van der Waals surface area contributed by atoms with Crippen molar-refractivity contribution in [2.24, 2.45) is 0 Å². The van der Waals surface area contributed by atoms with Crippen molar-refractivity contribution in [3.05, 3.63) is 91.8 Å². The van der Waals surface area contributed by atoms with E-state index in [0.29, 0.717) is 12.0 Å². The first-order valence-corrected chi connectivity index (χ1v) is 13.3. The summed E-state index contributed by atoms with van der Waals surface area (Å²) >= 11 is 2.31. The van der Waals surface area contributed by atoms with Crippen LogP contribution in [0, 0.1) is 3.57 Å². The molecule has 2 aromatic rings. The third-order valence-corrected chi connectivity index (χ3v) is 8.34. The van der Waals surface area contributed by atoms with Crippen LogP contribution in [0.3, 0.4) is 0 Å². The van der Waals surface area contributed by atoms with E-state index in [-0.39, 0.29) is 23.8 Å². The number of Topliss-reactive ketones (excluding diaryl/α,β-unsaturated/α-hetero) is 1. The molecule has 2 unspecified atom stereocenters. The number of ketones is 1. The largest absolute Gasteiger partial charge is 0.459 e. The van der Waals surface area contributed by atoms with Gasteiger partial charge in [-0.2, -0.15) is 0 Å². The van der Waals surface area contributed by atoms with Gasteiger partial charge in [-0.05, 0) is 84.7 Å². The van der Waals surface area contributed by atoms with Gasteiger partial charge in [0.1, 0.15) is 6.10 Å². The molecule has 0 aromatic heterocycles. The predicted octanol–water partition coefficient (Wildman–Crippen LogP) is 6.53. The summed E-state index contributed by atoms with van der Waals surface area (Å²) in [6, 6.07) is 18.3. The highest BCUT2D eigenvalue weighted by molar-refractivity contribution is 14.1. The lowest BCUT2D eigenvalue weighted by Crippen LogP contribution is -2.37. The van der Waals surface area contributed by atoms with Crippen LogP contribution in [0.5, 0.6) is 0 Å². The van der Waals surface area contributed by atoms with Crippen molar-refractivity contribution in [1.29, 1.82) is 0 Å². The average molecular weight is 567 g/mol. The molecule has 0 spiro atoms. The lowest BCUT2D eigenvalue weighted by atomic mass is 9.71. The Hall–Kier alpha value is -2.41. The molecule has 1 heterocycles. The molecule has 3 aliphatic rings. The van der Waals surface area contributed by atoms with Crippen molar-refractivity contribution < 1.29 is 14.3 Å². The Morgan fingerprint density at radius 1 is 0.971 bits per heavy atom. The van der Waals surface area contributed by atoms with Crippen LogP contribution in [0.15, 0.2) is 77.1 Å². The summed E-state index contributed by atoms with van der Waals surface area (Å²) in [5.74, 6) is -0.433. The third kappa shape index (κ3) is 4.59. The van der Waals surface area contributed by atoms with Gasteiger partial charge in [0.05, 0.1) is 5.57 Å². The van der Waals surface area contributed by atoms with Crippen molar-refractivity contribution >= 4 is 34.3 Å². The van der Waals surface area contributed by atoms with Gasteiger partial charge in [-0.3, -0.25) is 4.79 Å². The van der Waals surface area contributed by atoms with Gasteiger partial charge in [-0.25, -0.2) is 4.79 Å². The van der Waals surface area contributed by atoms with Crippen molar-refractivity contribution in [1.82, 2.24) is 5.32 Å². The molecule has 2 atom stereocenters. The van der Waals surface area contributed by atoms with E-state index in [1.54, 1.807) is 0 Å². The molecule has 0 bridgehead atoms. The van der Waals surface area contributed by atoms with Crippen LogP contribution in [-0.2, 0) is 14.3 Å². The smallest absolute Gasteiger partial charge is 0.337 e. The van der Waals surface area contributed by atoms with E-state index in [0.717, 1.165) is 58.2 Å². The van der Waals surface area contributed by atoms with Gasteiger partial charge < -0.3 is 10.1 Å². The van der Waals surface area contributed by atoms with Crippen LogP contribution in [-0.4, -0.2) is 17.9 Å². The number of nitrogens with one attached hydrogen (secondary N) is 1. The standard InChI is InChI=1S/C29H30INO3/c1-18-26(29(33)34-21-12-6-3-7-13-21)27(22-14-8-9-15-23(22)30)28-24(31-18)16-20(17-25(28)32)19-10-4-2-5-11-19/h2,4-5,8-11,14-15,20-21,27,31H,3,6-7,12-13,16-17H2,1H3. The van der Waals surface area contributed by atoms with Gasteiger partial charge in [0, 0.05) is 32.9 Å². The highest BCUT2D eigenvalue weighted by atomic mass is 127. The molecule has 1 aliphatic heterocycles. The SMILES string of the molecule is CC1=C(C(=O)OC2CCCCC2)C(c2ccccc2I)C2=C(CC(c3ccccc3)CC2=O)N1. The molecule has 5 rings (SSSR count). The van der Waals surface area contributed by atoms with Crippen molar-refractivity contribution in [2.45, 2.75) is 69.8 Å². The van der Waals surface area contributed by atoms with Crippen LogP contribution in [0.1, 0.15) is 74.8 Å². The summed E-state index contributed by atoms with van der Waals surface area (Å²) in [6.07, 6.45) is 6.43. The zero-order valence-corrected chi connectivity index (χ0v) is 21.6. The second kappa shape index (κ2) is 10.1. The number of carbonyl (C=O) groups excluding carboxylic acids is 2. The van der Waals surface area contributed by atoms with E-state index < -0.39 is 5.92 Å². The van der Waals surface area contributed by atoms with Gasteiger partial charge in [0.15, 0.2) is 5.78 Å². The molecule has 0 saturated heterocycles. The number of hydrogen-bond donors (Lipinski definition) is 1. The van der Waals surface area contributed by atoms with Gasteiger partial charge >= 0.3 is 5.97 Å². The molecule has 1 saturated carbocycles. The first kappa shape index (κ1) is 23.3. The van der Waals surface area contributed by atoms with Crippen molar-refractivity contribution in [3.8, 4) is 0 Å². The minimum absolute atomic E-state index is 0.0306. The average Bonchev–Trinajstić information content (AvgIpc) is 2.84. The Kier molecular flexibility index (Phi) is 6.91. The number of halogens is 1. The second-order valence-corrected chi connectivity index (χ2v) is 10.8. The van der Waals surface area contributed by atoms with E-state index in [9.17, 15) is 9.59 Å². The first-order chi connectivity index (χ1) is 16.5. The molecule has 2 aliphatic carbocycles. The Balaban J connectivity index is 1.54. The highest BCUT2D eigenvalue weighted by Crippen LogP contribution is 2.46. The van der Waals surface area contributed by atoms with Crippen molar-refractivity contribution in [3.63, 3.8) is 0 Å². The number of rotatable bonds is 4. The fraction of sp³-hybridized carbons (Fsp3) is 0.379. The molecule has 176 valence electrons. The molecule has 5 heteroatoms. The number of carbonyl (C=O) groups is 2. The van der Waals surface area contributed by atoms with Gasteiger partial charge in [-0.1, -0.05) is 55.0 Å². The number of esters is 1. The Bertz CT molecular complexity index is 1160. The zero-order chi connectivity index (χ0) is 23.7. The topological polar surface area (TPSA) is 55.4 Å². The van der Waals surface area contributed by atoms with Crippen LogP contribution >= 0.6 is 22.6 Å². The molecule has 34 heavy (non-hydrogen) atoms. The van der Waals surface area contributed by atoms with Crippen LogP contribution < -0.4 is 5.32 Å². The summed E-state index contributed by atoms with van der Waals surface area (Å²) in [5.41, 5.74) is 5.24. The summed E-state index contributed by atoms with van der Waals surface area (Å²) in [6.45, 7) is 1.95. The highest BCUT2D eigenvalue weighted by Gasteiger charge is 2.42. The van der Waals surface area contributed by atoms with E-state index in [4.69, 9.17) is 4.74 Å². The van der Waals surface area contributed by atoms with E-state index in [1.807, 2.05) is 49.4 Å². The Labute approximate surface area is 215 Å². The minimum atomic E-state index is -0.398. The maximum absolute atomic E-state index is 13.7. The molecular formula is C29H30INO3. The lowest BCUT2D eigenvalue weighted by Gasteiger charge is -2.37. The number of dihydropyridines is 1. The zero-order valence-electron chi connectivity index (χ0n) is 19.5. The third-order valence-electron chi connectivity index (χ3n) is 7.36. The summed E-state index contributed by atoms with van der Waals surface area (Å²) < 4.78 is 7.07. The molecule has 4 nitrogen and oxygen atoms in total. The molecule has 0 amide bonds. The van der Waals surface area contributed by atoms with Gasteiger partial charge in [-0.15, -0.1) is 0 Å². The molecule has 0 radical (unpaired) electrons. The van der Waals surface area contributed by atoms with Gasteiger partial charge in [0.2, 0.25) is 0 Å². The number of ether oxygens (including phenoxy) is 1. The Morgan fingerprint density at radius 3 is 2.41 bits per heavy atom. The Morgan fingerprint density at radius 2 is 1.68 bits per heavy atom. The number of benzene rings is 2. The van der Waals surface area contributed by atoms with E-state index in [2.05, 4.69) is 40.0 Å². The maximum Gasteiger partial charge on any atom is 0.337 e. The van der Waals surface area contributed by atoms with E-state index in [1.165, 1.54) is 12.0 Å². The fourth-order valence-electron chi connectivity index (χ4n) is 5.69. The normalized spacial score (nSPS) is 23.4. The number of allylic oxidation sites excluding steroid dienone is 3. The molecule has 1 N–H and O–H groups in total. The lowest BCUT2D eigenvalue weighted by molar-refractivity contribution is -0.146.